The third-order valence-corrected chi connectivity index (χ3v) is 6.36. The van der Waals surface area contributed by atoms with Gasteiger partial charge < -0.3 is 0 Å². The molecule has 0 aliphatic rings. The summed E-state index contributed by atoms with van der Waals surface area (Å²) in [6.45, 7) is 20.7. The van der Waals surface area contributed by atoms with Gasteiger partial charge in [-0.15, -0.1) is 0 Å². The van der Waals surface area contributed by atoms with Gasteiger partial charge >= 0.3 is 0 Å². The van der Waals surface area contributed by atoms with Crippen LogP contribution in [0.5, 0.6) is 0 Å². The van der Waals surface area contributed by atoms with Gasteiger partial charge in [-0.3, -0.25) is 0 Å². The van der Waals surface area contributed by atoms with E-state index in [0.29, 0.717) is 0 Å². The summed E-state index contributed by atoms with van der Waals surface area (Å²) in [5, 5.41) is 0. The minimum atomic E-state index is 0. The summed E-state index contributed by atoms with van der Waals surface area (Å²) in [6, 6.07) is 4.22. The molecule has 16 heavy (non-hydrogen) atoms. The van der Waals surface area contributed by atoms with Crippen LogP contribution in [0.4, 0.5) is 0 Å². The molecule has 0 saturated carbocycles. The maximum Gasteiger partial charge on any atom is 0.0410 e. The molecule has 0 amide bonds. The molecule has 0 nitrogen and oxygen atoms in total. The number of rotatable bonds is 3. The molecule has 0 spiro atoms. The van der Waals surface area contributed by atoms with Crippen molar-refractivity contribution in [2.75, 3.05) is 0 Å². The molecule has 0 atom stereocenters. The van der Waals surface area contributed by atoms with Gasteiger partial charge in [0.25, 0.3) is 0 Å². The molecular weight excluding hydrogens is 280 g/mol. The van der Waals surface area contributed by atoms with Crippen molar-refractivity contribution in [3.05, 3.63) is 0 Å². The Morgan fingerprint density at radius 1 is 0.500 bits per heavy atom. The van der Waals surface area contributed by atoms with E-state index < -0.39 is 0 Å². The third kappa shape index (κ3) is 59.2. The minimum absolute atomic E-state index is 0. The van der Waals surface area contributed by atoms with Crippen LogP contribution in [0.25, 0.3) is 0 Å². The van der Waals surface area contributed by atoms with Gasteiger partial charge in [0.05, 0.1) is 0 Å². The van der Waals surface area contributed by atoms with E-state index >= 15 is 0 Å². The minimum Gasteiger partial charge on any atom is -0.0713 e. The van der Waals surface area contributed by atoms with E-state index in [2.05, 4.69) is 60.1 Å². The molecule has 0 bridgehead atoms. The van der Waals surface area contributed by atoms with Crippen LogP contribution < -0.4 is 0 Å². The molecule has 0 unspecified atom stereocenters. The van der Waals surface area contributed by atoms with Crippen LogP contribution in [0.15, 0.2) is 0 Å². The van der Waals surface area contributed by atoms with Gasteiger partial charge in [-0.05, 0) is 0 Å². The Bertz CT molecular complexity index is 77.2. The first-order chi connectivity index (χ1) is 6.81. The van der Waals surface area contributed by atoms with E-state index in [1.54, 1.807) is 0 Å². The van der Waals surface area contributed by atoms with Crippen molar-refractivity contribution < 1.29 is 17.4 Å². The Balaban J connectivity index is -0.0000000655. The van der Waals surface area contributed by atoms with Gasteiger partial charge in [0.2, 0.25) is 0 Å². The molecule has 0 rings (SSSR count). The van der Waals surface area contributed by atoms with Gasteiger partial charge in [0, 0.05) is 43.8 Å². The molecule has 0 saturated heterocycles. The summed E-state index contributed by atoms with van der Waals surface area (Å²) in [6.07, 6.45) is 0. The van der Waals surface area contributed by atoms with Gasteiger partial charge in [-0.25, -0.2) is 0 Å². The fraction of sp³-hybridized carbons (Fsp3) is 1.00. The first-order valence-corrected chi connectivity index (χ1v) is 14.3. The molecule has 0 N–H and O–H groups in total. The van der Waals surface area contributed by atoms with Crippen molar-refractivity contribution in [1.82, 2.24) is 0 Å². The molecule has 99 valence electrons. The molecule has 0 aromatic heterocycles. The van der Waals surface area contributed by atoms with Crippen LogP contribution in [0, 0.1) is 0 Å². The zero-order chi connectivity index (χ0) is 12.9. The molecular formula is C12H33CrSi3. The molecule has 0 aliphatic heterocycles. The predicted molar refractivity (Wildman–Crippen MR) is 83.9 cm³/mol. The Morgan fingerprint density at radius 3 is 0.562 bits per heavy atom. The van der Waals surface area contributed by atoms with E-state index in [1.807, 2.05) is 0 Å². The second-order valence-corrected chi connectivity index (χ2v) is 14.0. The largest absolute Gasteiger partial charge is 0.0713 e. The summed E-state index contributed by atoms with van der Waals surface area (Å²) >= 11 is 0. The van der Waals surface area contributed by atoms with Crippen LogP contribution in [0.2, 0.25) is 57.4 Å². The van der Waals surface area contributed by atoms with Crippen LogP contribution in [-0.2, 0) is 17.4 Å². The van der Waals surface area contributed by atoms with Crippen molar-refractivity contribution in [2.45, 2.75) is 78.2 Å². The monoisotopic (exact) mass is 313 g/mol. The third-order valence-electron chi connectivity index (χ3n) is 2.12. The molecule has 0 heterocycles. The maximum atomic E-state index is 2.32. The molecule has 0 aromatic carbocycles. The second-order valence-electron chi connectivity index (χ2n) is 4.68. The Labute approximate surface area is 122 Å². The molecule has 0 aromatic rings. The average molecular weight is 314 g/mol. The van der Waals surface area contributed by atoms with Crippen LogP contribution in [0.1, 0.15) is 20.8 Å². The maximum absolute atomic E-state index is 2.32. The first-order valence-electron chi connectivity index (χ1n) is 6.18. The quantitative estimate of drug-likeness (QED) is 0.622. The van der Waals surface area contributed by atoms with Crippen molar-refractivity contribution in [2.24, 2.45) is 0 Å². The van der Waals surface area contributed by atoms with Gasteiger partial charge in [0.15, 0.2) is 0 Å². The Morgan fingerprint density at radius 2 is 0.562 bits per heavy atom. The first kappa shape index (κ1) is 25.9. The topological polar surface area (TPSA) is 0 Å². The predicted octanol–water partition coefficient (Wildman–Crippen LogP) is 5.28. The summed E-state index contributed by atoms with van der Waals surface area (Å²) in [5.74, 6) is 0. The fourth-order valence-corrected chi connectivity index (χ4v) is 0. The zero-order valence-electron chi connectivity index (χ0n) is 13.0. The molecule has 0 aliphatic carbocycles. The van der Waals surface area contributed by atoms with E-state index in [-0.39, 0.29) is 43.8 Å². The Kier molecular flexibility index (Phi) is 34.7. The van der Waals surface area contributed by atoms with Crippen molar-refractivity contribution in [3.63, 3.8) is 0 Å². The van der Waals surface area contributed by atoms with Crippen molar-refractivity contribution >= 4 is 26.4 Å². The summed E-state index contributed by atoms with van der Waals surface area (Å²) in [4.78, 5) is 0. The van der Waals surface area contributed by atoms with Crippen molar-refractivity contribution in [3.8, 4) is 0 Å². The van der Waals surface area contributed by atoms with E-state index in [9.17, 15) is 0 Å². The normalized spacial score (nSPS) is 9.00. The van der Waals surface area contributed by atoms with Crippen LogP contribution >= 0.6 is 0 Å². The van der Waals surface area contributed by atoms with Crippen LogP contribution in [0.3, 0.4) is 0 Å². The average Bonchev–Trinajstić information content (AvgIpc) is 2.19. The van der Waals surface area contributed by atoms with Gasteiger partial charge in [0.1, 0.15) is 0 Å². The molecule has 3 radical (unpaired) electrons. The van der Waals surface area contributed by atoms with E-state index in [4.69, 9.17) is 0 Å². The van der Waals surface area contributed by atoms with Crippen LogP contribution in [-0.4, -0.2) is 26.4 Å². The summed E-state index contributed by atoms with van der Waals surface area (Å²) < 4.78 is 0. The van der Waals surface area contributed by atoms with E-state index in [0.717, 1.165) is 0 Å². The fourth-order valence-electron chi connectivity index (χ4n) is 0. The smallest absolute Gasteiger partial charge is 0.0410 e. The second kappa shape index (κ2) is 21.5. The summed E-state index contributed by atoms with van der Waals surface area (Å²) in [7, 11) is 0.378. The van der Waals surface area contributed by atoms with Gasteiger partial charge in [-0.2, -0.15) is 0 Å². The van der Waals surface area contributed by atoms with E-state index in [1.165, 1.54) is 18.1 Å². The standard InChI is InChI=1S/3C4H11Si.Cr/c3*1-4-5(2)3;/h3*4H2,1-3H3;. The van der Waals surface area contributed by atoms with Gasteiger partial charge in [-0.1, -0.05) is 78.2 Å². The summed E-state index contributed by atoms with van der Waals surface area (Å²) in [5.41, 5.74) is 0. The number of hydrogen-bond donors (Lipinski definition) is 0. The SMILES string of the molecule is CC[Si](C)C.CC[Si](C)C.CC[Si](C)C.[Cr]. The van der Waals surface area contributed by atoms with Crippen molar-refractivity contribution in [1.29, 1.82) is 0 Å². The molecule has 0 fully saturated rings. The Hall–Kier alpha value is 1.18. The zero-order valence-corrected chi connectivity index (χ0v) is 17.3. The number of hydrogen-bond acceptors (Lipinski definition) is 0. The molecule has 4 heteroatoms.